The standard InChI is InChI=1S/C12H17NO5/c1-4-13-8-7-12(9(13)14,10(15)17-5-2)11(16)18-6-3/h4H,1,5-8H2,2-3H3. The van der Waals surface area contributed by atoms with Crippen molar-refractivity contribution in [3.8, 4) is 0 Å². The van der Waals surface area contributed by atoms with E-state index < -0.39 is 23.3 Å². The highest BCUT2D eigenvalue weighted by Crippen LogP contribution is 2.35. The quantitative estimate of drug-likeness (QED) is 0.527. The maximum Gasteiger partial charge on any atom is 0.333 e. The van der Waals surface area contributed by atoms with E-state index in [2.05, 4.69) is 6.58 Å². The van der Waals surface area contributed by atoms with Gasteiger partial charge in [0.2, 0.25) is 5.41 Å². The zero-order valence-electron chi connectivity index (χ0n) is 10.6. The van der Waals surface area contributed by atoms with Crippen LogP contribution in [-0.4, -0.2) is 42.5 Å². The van der Waals surface area contributed by atoms with Crippen LogP contribution in [0, 0.1) is 5.41 Å². The lowest BCUT2D eigenvalue weighted by Crippen LogP contribution is -2.47. The summed E-state index contributed by atoms with van der Waals surface area (Å²) in [4.78, 5) is 37.3. The Morgan fingerprint density at radius 1 is 1.33 bits per heavy atom. The van der Waals surface area contributed by atoms with E-state index in [9.17, 15) is 14.4 Å². The van der Waals surface area contributed by atoms with Crippen molar-refractivity contribution in [3.05, 3.63) is 12.8 Å². The average molecular weight is 255 g/mol. The fraction of sp³-hybridized carbons (Fsp3) is 0.583. The van der Waals surface area contributed by atoms with Crippen molar-refractivity contribution in [2.45, 2.75) is 20.3 Å². The van der Waals surface area contributed by atoms with Crippen LogP contribution in [0.1, 0.15) is 20.3 Å². The fourth-order valence-electron chi connectivity index (χ4n) is 1.89. The summed E-state index contributed by atoms with van der Waals surface area (Å²) in [6.45, 7) is 7.14. The topological polar surface area (TPSA) is 72.9 Å². The zero-order chi connectivity index (χ0) is 13.8. The second-order valence-corrected chi connectivity index (χ2v) is 3.78. The maximum absolute atomic E-state index is 12.1. The van der Waals surface area contributed by atoms with Gasteiger partial charge in [0.15, 0.2) is 0 Å². The fourth-order valence-corrected chi connectivity index (χ4v) is 1.89. The average Bonchev–Trinajstić information content (AvgIpc) is 2.68. The van der Waals surface area contributed by atoms with Crippen LogP contribution in [-0.2, 0) is 23.9 Å². The van der Waals surface area contributed by atoms with Gasteiger partial charge >= 0.3 is 11.9 Å². The second-order valence-electron chi connectivity index (χ2n) is 3.78. The largest absolute Gasteiger partial charge is 0.465 e. The molecule has 0 saturated carbocycles. The van der Waals surface area contributed by atoms with E-state index in [1.807, 2.05) is 0 Å². The number of esters is 2. The molecule has 0 N–H and O–H groups in total. The van der Waals surface area contributed by atoms with Gasteiger partial charge in [0, 0.05) is 13.0 Å². The summed E-state index contributed by atoms with van der Waals surface area (Å²) in [5.74, 6) is -2.33. The van der Waals surface area contributed by atoms with Crippen LogP contribution in [0.4, 0.5) is 0 Å². The van der Waals surface area contributed by atoms with Crippen LogP contribution in [0.2, 0.25) is 0 Å². The van der Waals surface area contributed by atoms with Gasteiger partial charge in [0.1, 0.15) is 0 Å². The van der Waals surface area contributed by atoms with Crippen molar-refractivity contribution >= 4 is 17.8 Å². The van der Waals surface area contributed by atoms with Gasteiger partial charge in [0.05, 0.1) is 13.2 Å². The summed E-state index contributed by atoms with van der Waals surface area (Å²) in [6.07, 6.45) is 1.35. The summed E-state index contributed by atoms with van der Waals surface area (Å²) in [6, 6.07) is 0. The Labute approximate surface area is 106 Å². The number of carbonyl (C=O) groups is 3. The number of ether oxygens (including phenoxy) is 2. The Kier molecular flexibility index (Phi) is 4.47. The Bertz CT molecular complexity index is 359. The van der Waals surface area contributed by atoms with Gasteiger partial charge in [-0.1, -0.05) is 6.58 Å². The molecule has 18 heavy (non-hydrogen) atoms. The van der Waals surface area contributed by atoms with E-state index in [1.54, 1.807) is 13.8 Å². The summed E-state index contributed by atoms with van der Waals surface area (Å²) >= 11 is 0. The molecular weight excluding hydrogens is 238 g/mol. The van der Waals surface area contributed by atoms with Crippen LogP contribution in [0.15, 0.2) is 12.8 Å². The van der Waals surface area contributed by atoms with Gasteiger partial charge in [-0.25, -0.2) is 0 Å². The van der Waals surface area contributed by atoms with Gasteiger partial charge in [-0.15, -0.1) is 0 Å². The van der Waals surface area contributed by atoms with Gasteiger partial charge in [-0.2, -0.15) is 0 Å². The Balaban J connectivity index is 3.11. The number of carbonyl (C=O) groups excluding carboxylic acids is 3. The van der Waals surface area contributed by atoms with Crippen LogP contribution >= 0.6 is 0 Å². The van der Waals surface area contributed by atoms with Crippen molar-refractivity contribution in [2.24, 2.45) is 5.41 Å². The molecule has 0 aliphatic carbocycles. The number of rotatable bonds is 5. The smallest absolute Gasteiger partial charge is 0.333 e. The third-order valence-corrected chi connectivity index (χ3v) is 2.82. The molecule has 1 heterocycles. The lowest BCUT2D eigenvalue weighted by molar-refractivity contribution is -0.174. The monoisotopic (exact) mass is 255 g/mol. The van der Waals surface area contributed by atoms with Crippen molar-refractivity contribution < 1.29 is 23.9 Å². The first kappa shape index (κ1) is 14.2. The number of hydrogen-bond donors (Lipinski definition) is 0. The van der Waals surface area contributed by atoms with Crippen molar-refractivity contribution in [3.63, 3.8) is 0 Å². The predicted molar refractivity (Wildman–Crippen MR) is 62.2 cm³/mol. The molecule has 0 bridgehead atoms. The van der Waals surface area contributed by atoms with Crippen LogP contribution < -0.4 is 0 Å². The first-order valence-electron chi connectivity index (χ1n) is 5.82. The highest BCUT2D eigenvalue weighted by Gasteiger charge is 2.60. The Morgan fingerprint density at radius 3 is 2.17 bits per heavy atom. The molecule has 0 spiro atoms. The van der Waals surface area contributed by atoms with Crippen molar-refractivity contribution in [2.75, 3.05) is 19.8 Å². The molecule has 0 aromatic carbocycles. The molecule has 1 saturated heterocycles. The summed E-state index contributed by atoms with van der Waals surface area (Å²) in [7, 11) is 0. The minimum absolute atomic E-state index is 0.0511. The molecular formula is C12H17NO5. The third-order valence-electron chi connectivity index (χ3n) is 2.82. The molecule has 0 aromatic heterocycles. The normalized spacial score (nSPS) is 17.4. The highest BCUT2D eigenvalue weighted by atomic mass is 16.6. The Morgan fingerprint density at radius 2 is 1.83 bits per heavy atom. The van der Waals surface area contributed by atoms with E-state index in [0.717, 1.165) is 0 Å². The van der Waals surface area contributed by atoms with Crippen molar-refractivity contribution in [1.29, 1.82) is 0 Å². The third kappa shape index (κ3) is 2.10. The maximum atomic E-state index is 12.1. The molecule has 100 valence electrons. The van der Waals surface area contributed by atoms with E-state index in [4.69, 9.17) is 9.47 Å². The first-order chi connectivity index (χ1) is 8.54. The lowest BCUT2D eigenvalue weighted by Gasteiger charge is -2.22. The summed E-state index contributed by atoms with van der Waals surface area (Å²) < 4.78 is 9.68. The number of nitrogens with zero attached hydrogens (tertiary/aromatic N) is 1. The molecule has 1 rings (SSSR count). The Hall–Kier alpha value is -1.85. The molecule has 1 amide bonds. The number of likely N-dealkylation sites (tertiary alicyclic amines) is 1. The predicted octanol–water partition coefficient (Wildman–Crippen LogP) is 0.475. The van der Waals surface area contributed by atoms with E-state index >= 15 is 0 Å². The molecule has 1 aliphatic heterocycles. The molecule has 0 unspecified atom stereocenters. The zero-order valence-corrected chi connectivity index (χ0v) is 10.6. The van der Waals surface area contributed by atoms with Gasteiger partial charge in [-0.05, 0) is 20.0 Å². The highest BCUT2D eigenvalue weighted by molar-refractivity contribution is 6.20. The molecule has 1 aliphatic rings. The molecule has 0 radical (unpaired) electrons. The lowest BCUT2D eigenvalue weighted by atomic mass is 9.86. The van der Waals surface area contributed by atoms with Crippen LogP contribution in [0.25, 0.3) is 0 Å². The number of hydrogen-bond acceptors (Lipinski definition) is 5. The van der Waals surface area contributed by atoms with E-state index in [-0.39, 0.29) is 26.2 Å². The van der Waals surface area contributed by atoms with Gasteiger partial charge in [-0.3, -0.25) is 14.4 Å². The summed E-state index contributed by atoms with van der Waals surface area (Å²) in [5.41, 5.74) is -1.86. The minimum Gasteiger partial charge on any atom is -0.465 e. The second kappa shape index (κ2) is 5.66. The first-order valence-corrected chi connectivity index (χ1v) is 5.82. The molecule has 0 atom stereocenters. The summed E-state index contributed by atoms with van der Waals surface area (Å²) in [5, 5.41) is 0. The van der Waals surface area contributed by atoms with Crippen molar-refractivity contribution in [1.82, 2.24) is 4.90 Å². The van der Waals surface area contributed by atoms with E-state index in [1.165, 1.54) is 11.1 Å². The SMILES string of the molecule is C=CN1CCC(C(=O)OCC)(C(=O)OCC)C1=O. The van der Waals surface area contributed by atoms with Crippen LogP contribution in [0.5, 0.6) is 0 Å². The molecule has 6 heteroatoms. The molecule has 0 aromatic rings. The van der Waals surface area contributed by atoms with Gasteiger partial charge < -0.3 is 14.4 Å². The van der Waals surface area contributed by atoms with Gasteiger partial charge in [0.25, 0.3) is 5.91 Å². The van der Waals surface area contributed by atoms with Crippen LogP contribution in [0.3, 0.4) is 0 Å². The number of amides is 1. The minimum atomic E-state index is -1.86. The van der Waals surface area contributed by atoms with E-state index in [0.29, 0.717) is 0 Å². The molecule has 6 nitrogen and oxygen atoms in total. The molecule has 1 fully saturated rings.